The van der Waals surface area contributed by atoms with Gasteiger partial charge in [-0.05, 0) is 30.5 Å². The predicted octanol–water partition coefficient (Wildman–Crippen LogP) is 2.82. The van der Waals surface area contributed by atoms with E-state index in [0.29, 0.717) is 11.1 Å². The van der Waals surface area contributed by atoms with E-state index in [2.05, 4.69) is 10.6 Å². The molecule has 25 heavy (non-hydrogen) atoms. The van der Waals surface area contributed by atoms with Gasteiger partial charge in [0.15, 0.2) is 5.60 Å². The molecule has 0 aromatic heterocycles. The van der Waals surface area contributed by atoms with Gasteiger partial charge in [-0.2, -0.15) is 0 Å². The summed E-state index contributed by atoms with van der Waals surface area (Å²) in [6.45, 7) is 5.72. The van der Waals surface area contributed by atoms with Crippen LogP contribution < -0.4 is 10.6 Å². The minimum Gasteiger partial charge on any atom is -0.372 e. The molecule has 2 aromatic carbocycles. The summed E-state index contributed by atoms with van der Waals surface area (Å²) < 4.78 is 0. The predicted molar refractivity (Wildman–Crippen MR) is 101 cm³/mol. The summed E-state index contributed by atoms with van der Waals surface area (Å²) in [7, 11) is 0. The molecule has 3 rings (SSSR count). The van der Waals surface area contributed by atoms with E-state index < -0.39 is 5.60 Å². The molecule has 0 radical (unpaired) electrons. The standard InChI is InChI=1S/C19H22N2O2.C2H6/c22-18(21-17-12-7-13-20-14-17)19(23,15-8-3-1-4-9-15)16-10-5-2-6-11-16;1-2/h1-6,8-11,17,20,23H,7,12-14H2,(H,21,22);1-2H3. The number of rotatable bonds is 4. The molecule has 1 atom stereocenters. The molecule has 134 valence electrons. The fraction of sp³-hybridized carbons (Fsp3) is 0.381. The maximum absolute atomic E-state index is 12.9. The number of hydrogen-bond donors (Lipinski definition) is 3. The summed E-state index contributed by atoms with van der Waals surface area (Å²) in [5.74, 6) is -0.372. The van der Waals surface area contributed by atoms with E-state index in [4.69, 9.17) is 0 Å². The van der Waals surface area contributed by atoms with Crippen molar-refractivity contribution in [2.75, 3.05) is 13.1 Å². The zero-order valence-electron chi connectivity index (χ0n) is 15.0. The molecule has 0 aliphatic carbocycles. The Morgan fingerprint density at radius 3 is 2.00 bits per heavy atom. The van der Waals surface area contributed by atoms with Crippen molar-refractivity contribution < 1.29 is 9.90 Å². The molecule has 1 amide bonds. The van der Waals surface area contributed by atoms with Gasteiger partial charge in [0.25, 0.3) is 5.91 Å². The van der Waals surface area contributed by atoms with Gasteiger partial charge in [-0.25, -0.2) is 0 Å². The molecule has 4 heteroatoms. The summed E-state index contributed by atoms with van der Waals surface area (Å²) in [4.78, 5) is 12.9. The normalized spacial score (nSPS) is 17.2. The van der Waals surface area contributed by atoms with Crippen LogP contribution in [-0.2, 0) is 10.4 Å². The van der Waals surface area contributed by atoms with E-state index in [1.54, 1.807) is 24.3 Å². The van der Waals surface area contributed by atoms with Gasteiger partial charge >= 0.3 is 0 Å². The Kier molecular flexibility index (Phi) is 7.16. The topological polar surface area (TPSA) is 61.4 Å². The molecule has 1 heterocycles. The average Bonchev–Trinajstić information content (AvgIpc) is 2.71. The summed E-state index contributed by atoms with van der Waals surface area (Å²) in [6, 6.07) is 18.3. The first-order valence-electron chi connectivity index (χ1n) is 9.06. The number of carbonyl (C=O) groups excluding carboxylic acids is 1. The first kappa shape index (κ1) is 19.2. The van der Waals surface area contributed by atoms with Gasteiger partial charge < -0.3 is 15.7 Å². The van der Waals surface area contributed by atoms with E-state index >= 15 is 0 Å². The molecule has 4 nitrogen and oxygen atoms in total. The van der Waals surface area contributed by atoms with Crippen LogP contribution in [0.4, 0.5) is 0 Å². The van der Waals surface area contributed by atoms with E-state index in [-0.39, 0.29) is 11.9 Å². The molecule has 1 aliphatic rings. The van der Waals surface area contributed by atoms with Crippen molar-refractivity contribution in [2.45, 2.75) is 38.3 Å². The van der Waals surface area contributed by atoms with Crippen molar-refractivity contribution in [3.8, 4) is 0 Å². The number of aliphatic hydroxyl groups is 1. The van der Waals surface area contributed by atoms with Crippen molar-refractivity contribution in [1.82, 2.24) is 10.6 Å². The molecule has 1 aliphatic heterocycles. The van der Waals surface area contributed by atoms with Gasteiger partial charge in [-0.1, -0.05) is 74.5 Å². The van der Waals surface area contributed by atoms with E-state index in [9.17, 15) is 9.90 Å². The minimum absolute atomic E-state index is 0.0511. The molecular formula is C21H28N2O2. The Bertz CT molecular complexity index is 598. The van der Waals surface area contributed by atoms with Crippen molar-refractivity contribution in [2.24, 2.45) is 0 Å². The van der Waals surface area contributed by atoms with Crippen LogP contribution in [0.2, 0.25) is 0 Å². The summed E-state index contributed by atoms with van der Waals surface area (Å²) in [5, 5.41) is 17.6. The number of benzene rings is 2. The minimum atomic E-state index is -1.68. The van der Waals surface area contributed by atoms with Crippen LogP contribution in [0.5, 0.6) is 0 Å². The van der Waals surface area contributed by atoms with Crippen LogP contribution in [0, 0.1) is 0 Å². The van der Waals surface area contributed by atoms with Crippen LogP contribution in [0.3, 0.4) is 0 Å². The van der Waals surface area contributed by atoms with E-state index in [1.807, 2.05) is 50.2 Å². The van der Waals surface area contributed by atoms with Crippen LogP contribution in [0.15, 0.2) is 60.7 Å². The van der Waals surface area contributed by atoms with Crippen LogP contribution >= 0.6 is 0 Å². The van der Waals surface area contributed by atoms with Gasteiger partial charge in [-0.3, -0.25) is 4.79 Å². The second-order valence-electron chi connectivity index (χ2n) is 5.96. The molecular weight excluding hydrogens is 312 g/mol. The molecule has 0 saturated carbocycles. The second kappa shape index (κ2) is 9.35. The van der Waals surface area contributed by atoms with Gasteiger partial charge in [0.05, 0.1) is 0 Å². The van der Waals surface area contributed by atoms with E-state index in [1.165, 1.54) is 0 Å². The zero-order valence-corrected chi connectivity index (χ0v) is 15.0. The highest BCUT2D eigenvalue weighted by Crippen LogP contribution is 2.30. The van der Waals surface area contributed by atoms with Crippen LogP contribution in [0.25, 0.3) is 0 Å². The maximum atomic E-state index is 12.9. The monoisotopic (exact) mass is 340 g/mol. The lowest BCUT2D eigenvalue weighted by Gasteiger charge is -2.32. The highest BCUT2D eigenvalue weighted by Gasteiger charge is 2.40. The molecule has 0 spiro atoms. The zero-order chi connectivity index (χ0) is 18.1. The molecule has 3 N–H and O–H groups in total. The Balaban J connectivity index is 0.00000109. The fourth-order valence-corrected chi connectivity index (χ4v) is 3.05. The quantitative estimate of drug-likeness (QED) is 0.802. The van der Waals surface area contributed by atoms with Crippen LogP contribution in [-0.4, -0.2) is 30.1 Å². The molecule has 1 unspecified atom stereocenters. The molecule has 0 bridgehead atoms. The third kappa shape index (κ3) is 4.47. The number of carbonyl (C=O) groups is 1. The molecule has 1 fully saturated rings. The summed E-state index contributed by atoms with van der Waals surface area (Å²) in [6.07, 6.45) is 1.96. The largest absolute Gasteiger partial charge is 0.372 e. The lowest BCUT2D eigenvalue weighted by molar-refractivity contribution is -0.137. The van der Waals surface area contributed by atoms with E-state index in [0.717, 1.165) is 25.9 Å². The molecule has 1 saturated heterocycles. The summed E-state index contributed by atoms with van der Waals surface area (Å²) >= 11 is 0. The van der Waals surface area contributed by atoms with Crippen LogP contribution in [0.1, 0.15) is 37.8 Å². The second-order valence-corrected chi connectivity index (χ2v) is 5.96. The SMILES string of the molecule is CC.O=C(NC1CCCNC1)C(O)(c1ccccc1)c1ccccc1. The molecule has 2 aromatic rings. The first-order valence-corrected chi connectivity index (χ1v) is 9.06. The lowest BCUT2D eigenvalue weighted by atomic mass is 9.85. The third-order valence-corrected chi connectivity index (χ3v) is 4.34. The maximum Gasteiger partial charge on any atom is 0.261 e. The third-order valence-electron chi connectivity index (χ3n) is 4.34. The number of piperidine rings is 1. The smallest absolute Gasteiger partial charge is 0.261 e. The lowest BCUT2D eigenvalue weighted by Crippen LogP contribution is -2.53. The van der Waals surface area contributed by atoms with Crippen molar-refractivity contribution in [1.29, 1.82) is 0 Å². The average molecular weight is 340 g/mol. The number of hydrogen-bond acceptors (Lipinski definition) is 3. The van der Waals surface area contributed by atoms with Crippen molar-refractivity contribution in [3.05, 3.63) is 71.8 Å². The van der Waals surface area contributed by atoms with Gasteiger partial charge in [0, 0.05) is 12.6 Å². The first-order chi connectivity index (χ1) is 12.2. The Morgan fingerprint density at radius 2 is 1.56 bits per heavy atom. The Labute approximate surface area is 150 Å². The Hall–Kier alpha value is -2.17. The summed E-state index contributed by atoms with van der Waals surface area (Å²) in [5.41, 5.74) is -0.528. The highest BCUT2D eigenvalue weighted by atomic mass is 16.3. The highest BCUT2D eigenvalue weighted by molar-refractivity contribution is 5.90. The Morgan fingerprint density at radius 1 is 1.04 bits per heavy atom. The number of nitrogens with one attached hydrogen (secondary N) is 2. The fourth-order valence-electron chi connectivity index (χ4n) is 3.05. The van der Waals surface area contributed by atoms with Gasteiger partial charge in [-0.15, -0.1) is 0 Å². The van der Waals surface area contributed by atoms with Gasteiger partial charge in [0.1, 0.15) is 0 Å². The number of amides is 1. The van der Waals surface area contributed by atoms with Gasteiger partial charge in [0.2, 0.25) is 0 Å². The van der Waals surface area contributed by atoms with Crippen molar-refractivity contribution in [3.63, 3.8) is 0 Å². The van der Waals surface area contributed by atoms with Crippen molar-refractivity contribution >= 4 is 5.91 Å².